The van der Waals surface area contributed by atoms with E-state index in [0.29, 0.717) is 44.9 Å². The molecule has 28 heteroatoms. The molecule has 28 nitrogen and oxygen atoms in total. The lowest BCUT2D eigenvalue weighted by molar-refractivity contribution is -0.398. The molecule has 5 aliphatic heterocycles. The molecule has 0 unspecified atom stereocenters. The molecule has 4 saturated carbocycles. The molecule has 34 atom stereocenters. The van der Waals surface area contributed by atoms with Crippen molar-refractivity contribution < 1.29 is 139 Å². The minimum Gasteiger partial charge on any atom is -0.431 e. The van der Waals surface area contributed by atoms with Crippen LogP contribution in [-0.2, 0) is 52.2 Å². The van der Waals surface area contributed by atoms with Crippen molar-refractivity contribution in [1.82, 2.24) is 0 Å². The summed E-state index contributed by atoms with van der Waals surface area (Å²) < 4.78 is 60.8. The summed E-state index contributed by atoms with van der Waals surface area (Å²) in [6, 6.07) is 0. The molecule has 0 aromatic rings. The van der Waals surface area contributed by atoms with Crippen molar-refractivity contribution in [1.29, 1.82) is 0 Å². The average Bonchev–Trinajstić information content (AvgIpc) is 1.36. The molecule has 9 fully saturated rings. The molecule has 0 bridgehead atoms. The molecular weight excluding hydrogens is 1170 g/mol. The van der Waals surface area contributed by atoms with Crippen LogP contribution < -0.4 is 0 Å². The van der Waals surface area contributed by atoms with Crippen molar-refractivity contribution >= 4 is 5.97 Å². The number of carbonyl (C=O) groups excluding carboxylic acids is 1. The summed E-state index contributed by atoms with van der Waals surface area (Å²) in [5, 5.41) is 185. The second-order valence-corrected chi connectivity index (χ2v) is 28.2. The number of fused-ring (bicyclic) bond motifs is 5. The van der Waals surface area contributed by atoms with E-state index in [-0.39, 0.29) is 41.4 Å². The maximum absolute atomic E-state index is 15.1. The summed E-state index contributed by atoms with van der Waals surface area (Å²) in [4.78, 5) is 15.1. The van der Waals surface area contributed by atoms with Gasteiger partial charge in [-0.15, -0.1) is 0 Å². The van der Waals surface area contributed by atoms with Gasteiger partial charge in [-0.1, -0.05) is 46.3 Å². The number of hydrogen-bond donors (Lipinski definition) is 17. The molecule has 0 radical (unpaired) electrons. The molecule has 5 heterocycles. The van der Waals surface area contributed by atoms with Gasteiger partial charge in [0.1, 0.15) is 110 Å². The third-order valence-corrected chi connectivity index (χ3v) is 22.9. The molecule has 5 saturated heterocycles. The van der Waals surface area contributed by atoms with E-state index in [1.165, 1.54) is 6.92 Å². The Balaban J connectivity index is 0.966. The first-order valence-corrected chi connectivity index (χ1v) is 31.4. The van der Waals surface area contributed by atoms with Crippen LogP contribution in [0.25, 0.3) is 0 Å². The third-order valence-electron chi connectivity index (χ3n) is 22.9. The first-order chi connectivity index (χ1) is 41.3. The van der Waals surface area contributed by atoms with Crippen LogP contribution >= 0.6 is 0 Å². The zero-order valence-corrected chi connectivity index (χ0v) is 51.4. The fraction of sp³-hybridized carbons (Fsp3) is 0.950. The topological polar surface area (TPSA) is 453 Å². The van der Waals surface area contributed by atoms with Crippen molar-refractivity contribution in [3.63, 3.8) is 0 Å². The lowest BCUT2D eigenvalue weighted by atomic mass is 9.35. The largest absolute Gasteiger partial charge is 0.431 e. The molecule has 9 rings (SSSR count). The molecule has 0 aromatic carbocycles. The number of ether oxygens (including phenoxy) is 10. The molecule has 4 aliphatic carbocycles. The number of aliphatic hydroxyl groups excluding tert-OH is 16. The summed E-state index contributed by atoms with van der Waals surface area (Å²) in [6.07, 6.45) is -36.5. The van der Waals surface area contributed by atoms with E-state index in [1.54, 1.807) is 0 Å². The van der Waals surface area contributed by atoms with E-state index >= 15 is 4.79 Å². The van der Waals surface area contributed by atoms with Crippen LogP contribution in [0.3, 0.4) is 0 Å². The maximum Gasteiger partial charge on any atom is 0.340 e. The number of esters is 1. The van der Waals surface area contributed by atoms with E-state index < -0.39 is 214 Å². The Morgan fingerprint density at radius 2 is 0.966 bits per heavy atom. The van der Waals surface area contributed by atoms with Gasteiger partial charge in [0.2, 0.25) is 6.29 Å². The Labute approximate surface area is 511 Å². The fourth-order valence-electron chi connectivity index (χ4n) is 17.6. The van der Waals surface area contributed by atoms with Crippen molar-refractivity contribution in [2.75, 3.05) is 26.4 Å². The standard InChI is InChI=1S/C60H100O28/c1-24(2)10-9-16-60(78,55(77)88-53-48(43(73)38(68)30(22-63)82-53)86-52-46(76)42(72)37(67)29(21-62)81-52)27-13-18-58(7)26(27)11-12-33-57(6)17-15-34(56(4,5)32(57)14-19-59(33,58)8)84-54-49(87-50-44(74)40(70)35(65)25(3)79-50)47(39(69)31(23-64)83-54)85-51-45(75)41(71)36(66)28(20-61)80-51/h10,25-54,61-76,78H,9,11-23H2,1-8H3/t25-,26+,27-,28+,29+,30+,31+,32-,33+,34-,35-,36+,37+,38+,39+,40+,41-,42-,43-,44+,45+,46+,47-,48+,49+,50-,51-,52-,53-,54-,57-,58+,59+,60-/m0/s1. The van der Waals surface area contributed by atoms with Crippen LogP contribution in [0.5, 0.6) is 0 Å². The molecule has 88 heavy (non-hydrogen) atoms. The van der Waals surface area contributed by atoms with Crippen LogP contribution in [-0.4, -0.2) is 284 Å². The Kier molecular flexibility index (Phi) is 21.7. The monoisotopic (exact) mass is 1270 g/mol. The second kappa shape index (κ2) is 27.1. The van der Waals surface area contributed by atoms with Gasteiger partial charge in [-0.2, -0.15) is 0 Å². The summed E-state index contributed by atoms with van der Waals surface area (Å²) >= 11 is 0. The van der Waals surface area contributed by atoms with Gasteiger partial charge < -0.3 is 134 Å². The fourth-order valence-corrected chi connectivity index (χ4v) is 17.6. The van der Waals surface area contributed by atoms with E-state index in [4.69, 9.17) is 47.4 Å². The second-order valence-electron chi connectivity index (χ2n) is 28.2. The molecule has 9 aliphatic rings. The van der Waals surface area contributed by atoms with Crippen LogP contribution in [0.15, 0.2) is 11.6 Å². The van der Waals surface area contributed by atoms with Crippen LogP contribution in [0.1, 0.15) is 120 Å². The van der Waals surface area contributed by atoms with Crippen LogP contribution in [0, 0.1) is 45.3 Å². The zero-order chi connectivity index (χ0) is 64.7. The number of allylic oxidation sites excluding steroid dienone is 2. The normalized spacial score (nSPS) is 51.9. The summed E-state index contributed by atoms with van der Waals surface area (Å²) in [6.45, 7) is 13.1. The van der Waals surface area contributed by atoms with Crippen molar-refractivity contribution in [2.45, 2.75) is 285 Å². The number of hydrogen-bond acceptors (Lipinski definition) is 28. The molecule has 17 N–H and O–H groups in total. The van der Waals surface area contributed by atoms with E-state index in [0.717, 1.165) is 12.0 Å². The highest BCUT2D eigenvalue weighted by molar-refractivity contribution is 5.80. The lowest BCUT2D eigenvalue weighted by Crippen LogP contribution is -2.68. The van der Waals surface area contributed by atoms with Crippen molar-refractivity contribution in [3.05, 3.63) is 11.6 Å². The van der Waals surface area contributed by atoms with Crippen LogP contribution in [0.2, 0.25) is 0 Å². The molecule has 508 valence electrons. The number of aliphatic hydroxyl groups is 17. The summed E-state index contributed by atoms with van der Waals surface area (Å²) in [7, 11) is 0. The molecule has 0 amide bonds. The van der Waals surface area contributed by atoms with E-state index in [9.17, 15) is 86.8 Å². The Morgan fingerprint density at radius 1 is 0.489 bits per heavy atom. The Morgan fingerprint density at radius 3 is 1.52 bits per heavy atom. The molecule has 0 spiro atoms. The summed E-state index contributed by atoms with van der Waals surface area (Å²) in [5.41, 5.74) is -3.07. The minimum absolute atomic E-state index is 0.0141. The highest BCUT2D eigenvalue weighted by atomic mass is 16.8. The predicted molar refractivity (Wildman–Crippen MR) is 298 cm³/mol. The predicted octanol–water partition coefficient (Wildman–Crippen LogP) is -3.82. The number of carbonyl (C=O) groups is 1. The van der Waals surface area contributed by atoms with Gasteiger partial charge in [-0.05, 0) is 124 Å². The van der Waals surface area contributed by atoms with Gasteiger partial charge in [-0.25, -0.2) is 4.79 Å². The average molecular weight is 1270 g/mol. The lowest BCUT2D eigenvalue weighted by Gasteiger charge is -2.70. The summed E-state index contributed by atoms with van der Waals surface area (Å²) in [5.74, 6) is -1.93. The SMILES string of the molecule is CC(C)=CCC[C@@](O)(C(=O)O[C@@H]1O[C@H](CO)[C@@H](O)[C@H](O)[C@H]1O[C@@H]1O[C@H](CO)[C@@H](O)[C@H](O)[C@H]1O)[C@H]1CC[C@]2(C)[C@@H]1CC[C@@H]1[C@@]3(C)CC[C@H](O[C@@H]4O[C@H](CO)[C@@H](O)[C@H](O[C@@H]5O[C@H](CO)[C@@H](O)[C@H](O)[C@H]5O)[C@H]4O[C@@H]4O[C@@H](C)[C@H](O)[C@@H](O)[C@H]4O)C(C)(C)[C@@H]3CC[C@]12C. The van der Waals surface area contributed by atoms with Gasteiger partial charge >= 0.3 is 5.97 Å². The van der Waals surface area contributed by atoms with Gasteiger partial charge in [0.15, 0.2) is 36.9 Å². The van der Waals surface area contributed by atoms with Gasteiger partial charge in [0.25, 0.3) is 0 Å². The highest BCUT2D eigenvalue weighted by Gasteiger charge is 2.71. The molecular formula is C60H100O28. The van der Waals surface area contributed by atoms with Crippen LogP contribution in [0.4, 0.5) is 0 Å². The first kappa shape index (κ1) is 70.5. The minimum atomic E-state index is -2.18. The smallest absolute Gasteiger partial charge is 0.340 e. The van der Waals surface area contributed by atoms with Crippen molar-refractivity contribution in [2.24, 2.45) is 45.3 Å². The maximum atomic E-state index is 15.1. The number of rotatable bonds is 18. The van der Waals surface area contributed by atoms with Crippen molar-refractivity contribution in [3.8, 4) is 0 Å². The van der Waals surface area contributed by atoms with Gasteiger partial charge in [0, 0.05) is 5.92 Å². The highest BCUT2D eigenvalue weighted by Crippen LogP contribution is 2.76. The quantitative estimate of drug-likeness (QED) is 0.0355. The van der Waals surface area contributed by atoms with E-state index in [2.05, 4.69) is 34.6 Å². The third kappa shape index (κ3) is 12.3. The van der Waals surface area contributed by atoms with Gasteiger partial charge in [0.05, 0.1) is 38.6 Å². The first-order valence-electron chi connectivity index (χ1n) is 31.4. The van der Waals surface area contributed by atoms with Gasteiger partial charge in [-0.3, -0.25) is 0 Å². The Bertz CT molecular complexity index is 2370. The van der Waals surface area contributed by atoms with E-state index in [1.807, 2.05) is 19.9 Å². The Hall–Kier alpha value is -1.83. The zero-order valence-electron chi connectivity index (χ0n) is 51.4. The molecule has 0 aromatic heterocycles.